The van der Waals surface area contributed by atoms with E-state index in [-0.39, 0.29) is 17.5 Å². The highest BCUT2D eigenvalue weighted by Crippen LogP contribution is 2.50. The summed E-state index contributed by atoms with van der Waals surface area (Å²) < 4.78 is 1.87. The first-order valence-corrected chi connectivity index (χ1v) is 10.0. The molecule has 3 aliphatic rings. The Labute approximate surface area is 156 Å². The highest BCUT2D eigenvalue weighted by molar-refractivity contribution is 9.13. The lowest BCUT2D eigenvalue weighted by Gasteiger charge is -2.44. The molecule has 5 rings (SSSR count). The average Bonchev–Trinajstić information content (AvgIpc) is 3.21. The molecule has 120 valence electrons. The Hall–Kier alpha value is -0.690. The van der Waals surface area contributed by atoms with Crippen LogP contribution in [0.1, 0.15) is 34.1 Å². The lowest BCUT2D eigenvalue weighted by Crippen LogP contribution is -2.54. The number of nitrogens with one attached hydrogen (secondary N) is 2. The van der Waals surface area contributed by atoms with Gasteiger partial charge in [-0.1, -0.05) is 30.3 Å². The van der Waals surface area contributed by atoms with Crippen molar-refractivity contribution in [3.63, 3.8) is 0 Å². The summed E-state index contributed by atoms with van der Waals surface area (Å²) in [5.41, 5.74) is 1.19. The second kappa shape index (κ2) is 5.99. The van der Waals surface area contributed by atoms with Crippen LogP contribution in [0.15, 0.2) is 44.7 Å². The van der Waals surface area contributed by atoms with E-state index in [1.54, 1.807) is 0 Å². The van der Waals surface area contributed by atoms with Crippen LogP contribution in [0, 0.1) is 5.92 Å². The number of rotatable bonds is 4. The van der Waals surface area contributed by atoms with E-state index in [1.165, 1.54) is 16.9 Å². The van der Waals surface area contributed by atoms with Gasteiger partial charge < -0.3 is 10.6 Å². The largest absolute Gasteiger partial charge is 0.343 e. The molecule has 6 heteroatoms. The summed E-state index contributed by atoms with van der Waals surface area (Å²) in [5.74, 6) is 0.755. The molecule has 1 atom stereocenters. The summed E-state index contributed by atoms with van der Waals surface area (Å²) in [5, 5.41) is 6.93. The molecular formula is C17H16Br2N2OS. The molecule has 2 saturated heterocycles. The fraction of sp³-hybridized carbons (Fsp3) is 0.353. The highest BCUT2D eigenvalue weighted by Gasteiger charge is 2.55. The van der Waals surface area contributed by atoms with Crippen molar-refractivity contribution in [2.45, 2.75) is 24.4 Å². The summed E-state index contributed by atoms with van der Waals surface area (Å²) in [6.45, 7) is 1.06. The van der Waals surface area contributed by atoms with Gasteiger partial charge in [0.1, 0.15) is 0 Å². The fourth-order valence-electron chi connectivity index (χ4n) is 3.79. The minimum atomic E-state index is -0.0122. The Kier molecular flexibility index (Phi) is 4.12. The van der Waals surface area contributed by atoms with Crippen molar-refractivity contribution in [2.75, 3.05) is 6.54 Å². The number of benzene rings is 1. The molecule has 0 radical (unpaired) electrons. The third-order valence-electron chi connectivity index (χ3n) is 4.88. The number of halogens is 2. The van der Waals surface area contributed by atoms with E-state index in [0.29, 0.717) is 0 Å². The van der Waals surface area contributed by atoms with Crippen molar-refractivity contribution in [3.8, 4) is 0 Å². The Morgan fingerprint density at radius 1 is 1.30 bits per heavy atom. The van der Waals surface area contributed by atoms with Gasteiger partial charge in [-0.15, -0.1) is 11.3 Å². The molecule has 1 aliphatic carbocycles. The normalized spacial score (nSPS) is 26.6. The van der Waals surface area contributed by atoms with Crippen molar-refractivity contribution < 1.29 is 4.79 Å². The molecule has 2 aliphatic heterocycles. The van der Waals surface area contributed by atoms with Crippen LogP contribution >= 0.6 is 43.2 Å². The third kappa shape index (κ3) is 2.80. The summed E-state index contributed by atoms with van der Waals surface area (Å²) in [6.07, 6.45) is 2.29. The zero-order valence-electron chi connectivity index (χ0n) is 12.3. The minimum Gasteiger partial charge on any atom is -0.343 e. The summed E-state index contributed by atoms with van der Waals surface area (Å²) >= 11 is 8.36. The van der Waals surface area contributed by atoms with Gasteiger partial charge in [0.15, 0.2) is 0 Å². The summed E-state index contributed by atoms with van der Waals surface area (Å²) in [6, 6.07) is 12.2. The van der Waals surface area contributed by atoms with Gasteiger partial charge in [0.05, 0.1) is 14.7 Å². The van der Waals surface area contributed by atoms with Gasteiger partial charge in [0.2, 0.25) is 0 Å². The number of carbonyl (C=O) groups is 1. The minimum absolute atomic E-state index is 0.00889. The fourth-order valence-corrected chi connectivity index (χ4v) is 5.73. The van der Waals surface area contributed by atoms with Crippen LogP contribution in [0.2, 0.25) is 0 Å². The lowest BCUT2D eigenvalue weighted by molar-refractivity contribution is 0.0867. The van der Waals surface area contributed by atoms with Gasteiger partial charge in [0.25, 0.3) is 5.91 Å². The van der Waals surface area contributed by atoms with Gasteiger partial charge in [-0.2, -0.15) is 0 Å². The van der Waals surface area contributed by atoms with Crippen molar-refractivity contribution in [2.24, 2.45) is 5.92 Å². The van der Waals surface area contributed by atoms with Crippen molar-refractivity contribution in [3.05, 3.63) is 55.1 Å². The molecular weight excluding hydrogens is 440 g/mol. The molecule has 2 N–H and O–H groups in total. The first kappa shape index (κ1) is 15.8. The number of amides is 1. The maximum atomic E-state index is 12.7. The zero-order valence-corrected chi connectivity index (χ0v) is 16.3. The molecule has 2 bridgehead atoms. The molecule has 23 heavy (non-hydrogen) atoms. The van der Waals surface area contributed by atoms with Gasteiger partial charge in [0, 0.05) is 10.0 Å². The zero-order chi connectivity index (χ0) is 16.0. The van der Waals surface area contributed by atoms with Crippen LogP contribution in [0.3, 0.4) is 0 Å². The molecule has 3 heterocycles. The van der Waals surface area contributed by atoms with Crippen LogP contribution in [-0.4, -0.2) is 18.0 Å². The van der Waals surface area contributed by atoms with Gasteiger partial charge in [-0.05, 0) is 68.8 Å². The van der Waals surface area contributed by atoms with Gasteiger partial charge in [-0.3, -0.25) is 4.79 Å². The van der Waals surface area contributed by atoms with Crippen LogP contribution in [0.5, 0.6) is 0 Å². The molecule has 1 amide bonds. The Balaban J connectivity index is 1.62. The Morgan fingerprint density at radius 2 is 2.04 bits per heavy atom. The van der Waals surface area contributed by atoms with Crippen LogP contribution < -0.4 is 10.6 Å². The van der Waals surface area contributed by atoms with E-state index in [1.807, 2.05) is 24.3 Å². The van der Waals surface area contributed by atoms with Crippen molar-refractivity contribution in [1.82, 2.24) is 10.6 Å². The smallest absolute Gasteiger partial charge is 0.261 e. The predicted octanol–water partition coefficient (Wildman–Crippen LogP) is 4.50. The van der Waals surface area contributed by atoms with Crippen LogP contribution in [-0.2, 0) is 0 Å². The summed E-state index contributed by atoms with van der Waals surface area (Å²) in [7, 11) is 0. The Bertz CT molecular complexity index is 715. The Morgan fingerprint density at radius 3 is 2.61 bits per heavy atom. The molecule has 1 unspecified atom stereocenters. The molecule has 3 nitrogen and oxygen atoms in total. The van der Waals surface area contributed by atoms with E-state index in [2.05, 4.69) is 54.6 Å². The number of hydrogen-bond donors (Lipinski definition) is 2. The second-order valence-corrected chi connectivity index (χ2v) is 9.59. The quantitative estimate of drug-likeness (QED) is 0.712. The topological polar surface area (TPSA) is 41.1 Å². The van der Waals surface area contributed by atoms with E-state index in [4.69, 9.17) is 0 Å². The SMILES string of the molecule is O=C(NC(c1ccccc1)C12CC(CN1)C2)c1cc(Br)c(Br)s1. The molecule has 2 aromatic rings. The number of carbonyl (C=O) groups excluding carboxylic acids is 1. The third-order valence-corrected chi connectivity index (χ3v) is 8.13. The van der Waals surface area contributed by atoms with E-state index < -0.39 is 0 Å². The molecule has 1 saturated carbocycles. The number of fused-ring (bicyclic) bond motifs is 1. The number of hydrogen-bond acceptors (Lipinski definition) is 3. The first-order valence-electron chi connectivity index (χ1n) is 7.63. The van der Waals surface area contributed by atoms with Crippen molar-refractivity contribution >= 4 is 49.1 Å². The first-order chi connectivity index (χ1) is 11.1. The molecule has 1 aromatic carbocycles. The van der Waals surface area contributed by atoms with E-state index in [0.717, 1.165) is 38.4 Å². The van der Waals surface area contributed by atoms with Crippen LogP contribution in [0.4, 0.5) is 0 Å². The van der Waals surface area contributed by atoms with E-state index in [9.17, 15) is 4.79 Å². The molecule has 3 fully saturated rings. The average molecular weight is 456 g/mol. The standard InChI is InChI=1S/C17H16Br2N2OS/c18-12-6-13(23-15(12)19)16(22)21-14(11-4-2-1-3-5-11)17-7-10(8-17)9-20-17/h1-6,10,14,20H,7-9H2,(H,21,22). The molecule has 0 spiro atoms. The highest BCUT2D eigenvalue weighted by atomic mass is 79.9. The predicted molar refractivity (Wildman–Crippen MR) is 99.8 cm³/mol. The maximum absolute atomic E-state index is 12.7. The van der Waals surface area contributed by atoms with Gasteiger partial charge >= 0.3 is 0 Å². The van der Waals surface area contributed by atoms with E-state index >= 15 is 0 Å². The maximum Gasteiger partial charge on any atom is 0.261 e. The second-order valence-electron chi connectivity index (χ2n) is 6.36. The van der Waals surface area contributed by atoms with Crippen LogP contribution in [0.25, 0.3) is 0 Å². The summed E-state index contributed by atoms with van der Waals surface area (Å²) in [4.78, 5) is 13.5. The monoisotopic (exact) mass is 454 g/mol. The number of thiophene rings is 1. The molecule has 1 aromatic heterocycles. The lowest BCUT2D eigenvalue weighted by atomic mass is 9.67. The van der Waals surface area contributed by atoms with Gasteiger partial charge in [-0.25, -0.2) is 0 Å². The van der Waals surface area contributed by atoms with Crippen molar-refractivity contribution in [1.29, 1.82) is 0 Å².